The lowest BCUT2D eigenvalue weighted by Gasteiger charge is -2.20. The van der Waals surface area contributed by atoms with Crippen molar-refractivity contribution >= 4 is 11.8 Å². The van der Waals surface area contributed by atoms with Gasteiger partial charge >= 0.3 is 6.61 Å². The van der Waals surface area contributed by atoms with Crippen molar-refractivity contribution in [1.82, 2.24) is 10.4 Å². The van der Waals surface area contributed by atoms with Crippen LogP contribution in [0.2, 0.25) is 0 Å². The number of benzene rings is 2. The van der Waals surface area contributed by atoms with Crippen LogP contribution in [-0.2, 0) is 6.54 Å². The highest BCUT2D eigenvalue weighted by Crippen LogP contribution is 2.26. The normalized spacial score (nSPS) is 13.4. The highest BCUT2D eigenvalue weighted by atomic mass is 19.3. The molecule has 1 aliphatic heterocycles. The molecule has 0 radical (unpaired) electrons. The second-order valence-electron chi connectivity index (χ2n) is 5.74. The summed E-state index contributed by atoms with van der Waals surface area (Å²) in [6.07, 6.45) is 0. The number of rotatable bonds is 4. The first-order valence-corrected chi connectivity index (χ1v) is 8.02. The van der Waals surface area contributed by atoms with Crippen molar-refractivity contribution in [2.75, 3.05) is 13.2 Å². The Morgan fingerprint density at radius 3 is 2.52 bits per heavy atom. The van der Waals surface area contributed by atoms with Gasteiger partial charge in [0, 0.05) is 23.2 Å². The van der Waals surface area contributed by atoms with Crippen molar-refractivity contribution in [3.8, 4) is 11.5 Å². The predicted molar refractivity (Wildman–Crippen MR) is 89.0 cm³/mol. The Kier molecular flexibility index (Phi) is 5.51. The maximum Gasteiger partial charge on any atom is 0.387 e. The smallest absolute Gasteiger partial charge is 0.387 e. The summed E-state index contributed by atoms with van der Waals surface area (Å²) < 4.78 is 34.3. The summed E-state index contributed by atoms with van der Waals surface area (Å²) in [5.74, 6) is -0.523. The van der Waals surface area contributed by atoms with Crippen molar-refractivity contribution in [2.45, 2.75) is 13.2 Å². The summed E-state index contributed by atoms with van der Waals surface area (Å²) in [4.78, 5) is 25.8. The molecule has 0 bridgehead atoms. The Hall–Kier alpha value is -3.20. The molecule has 0 spiro atoms. The first-order valence-electron chi connectivity index (χ1n) is 8.02. The molecule has 1 aliphatic rings. The van der Waals surface area contributed by atoms with Crippen LogP contribution in [0, 0.1) is 0 Å². The van der Waals surface area contributed by atoms with Gasteiger partial charge in [0.1, 0.15) is 18.1 Å². The lowest BCUT2D eigenvalue weighted by Crippen LogP contribution is -2.32. The van der Waals surface area contributed by atoms with E-state index in [1.54, 1.807) is 16.4 Å². The zero-order chi connectivity index (χ0) is 19.4. The SMILES string of the molecule is O=C(NO)c1ccc2c(c1)OCCN(C(=O)c1ccc(OC(F)F)cc1)C2. The van der Waals surface area contributed by atoms with Crippen LogP contribution in [0.5, 0.6) is 11.5 Å². The second kappa shape index (κ2) is 8.00. The van der Waals surface area contributed by atoms with Gasteiger partial charge in [-0.25, -0.2) is 5.48 Å². The van der Waals surface area contributed by atoms with Crippen molar-refractivity contribution < 1.29 is 33.1 Å². The van der Waals surface area contributed by atoms with Gasteiger partial charge in [-0.15, -0.1) is 0 Å². The largest absolute Gasteiger partial charge is 0.491 e. The topological polar surface area (TPSA) is 88.1 Å². The fraction of sp³-hybridized carbons (Fsp3) is 0.222. The summed E-state index contributed by atoms with van der Waals surface area (Å²) in [6, 6.07) is 10.1. The Balaban J connectivity index is 1.76. The molecular weight excluding hydrogens is 362 g/mol. The lowest BCUT2D eigenvalue weighted by molar-refractivity contribution is -0.0498. The van der Waals surface area contributed by atoms with Gasteiger partial charge in [-0.3, -0.25) is 14.8 Å². The first kappa shape index (κ1) is 18.6. The fourth-order valence-corrected chi connectivity index (χ4v) is 2.71. The second-order valence-corrected chi connectivity index (χ2v) is 5.74. The number of fused-ring (bicyclic) bond motifs is 1. The van der Waals surface area contributed by atoms with Crippen LogP contribution in [0.15, 0.2) is 42.5 Å². The van der Waals surface area contributed by atoms with Gasteiger partial charge in [-0.05, 0) is 36.4 Å². The maximum absolute atomic E-state index is 12.7. The third-order valence-corrected chi connectivity index (χ3v) is 4.02. The molecule has 3 rings (SSSR count). The molecule has 0 unspecified atom stereocenters. The minimum atomic E-state index is -2.93. The number of carbonyl (C=O) groups excluding carboxylic acids is 2. The molecule has 2 aromatic carbocycles. The lowest BCUT2D eigenvalue weighted by atomic mass is 10.1. The summed E-state index contributed by atoms with van der Waals surface area (Å²) in [6.45, 7) is -2.15. The molecule has 27 heavy (non-hydrogen) atoms. The summed E-state index contributed by atoms with van der Waals surface area (Å²) in [5.41, 5.74) is 2.81. The van der Waals surface area contributed by atoms with E-state index in [1.807, 2.05) is 0 Å². The molecule has 0 aromatic heterocycles. The van der Waals surface area contributed by atoms with Crippen molar-refractivity contribution in [3.05, 3.63) is 59.2 Å². The van der Waals surface area contributed by atoms with Gasteiger partial charge in [-0.2, -0.15) is 8.78 Å². The summed E-state index contributed by atoms with van der Waals surface area (Å²) in [5, 5.41) is 8.71. The number of nitrogens with one attached hydrogen (secondary N) is 1. The number of halogens is 2. The quantitative estimate of drug-likeness (QED) is 0.630. The predicted octanol–water partition coefficient (Wildman–Crippen LogP) is 2.44. The molecule has 0 fully saturated rings. The van der Waals surface area contributed by atoms with E-state index in [1.165, 1.54) is 36.4 Å². The molecule has 9 heteroatoms. The number of nitrogens with zero attached hydrogens (tertiary/aromatic N) is 1. The molecule has 1 heterocycles. The molecule has 7 nitrogen and oxygen atoms in total. The molecule has 0 aliphatic carbocycles. The van der Waals surface area contributed by atoms with Crippen LogP contribution in [0.1, 0.15) is 26.3 Å². The Labute approximate surface area is 153 Å². The van der Waals surface area contributed by atoms with E-state index in [0.717, 1.165) is 0 Å². The Morgan fingerprint density at radius 1 is 1.15 bits per heavy atom. The minimum absolute atomic E-state index is 0.0271. The van der Waals surface area contributed by atoms with Gasteiger partial charge in [0.15, 0.2) is 0 Å². The number of ether oxygens (including phenoxy) is 2. The molecule has 0 atom stereocenters. The van der Waals surface area contributed by atoms with E-state index in [2.05, 4.69) is 4.74 Å². The van der Waals surface area contributed by atoms with Gasteiger partial charge in [-0.1, -0.05) is 6.07 Å². The first-order chi connectivity index (χ1) is 13.0. The van der Waals surface area contributed by atoms with E-state index < -0.39 is 12.5 Å². The number of amides is 2. The number of alkyl halides is 2. The molecular formula is C18H16F2N2O5. The molecule has 0 saturated carbocycles. The van der Waals surface area contributed by atoms with Crippen LogP contribution in [0.3, 0.4) is 0 Å². The summed E-state index contributed by atoms with van der Waals surface area (Å²) >= 11 is 0. The van der Waals surface area contributed by atoms with Crippen LogP contribution >= 0.6 is 0 Å². The van der Waals surface area contributed by atoms with Gasteiger partial charge in [0.05, 0.1) is 6.54 Å². The van der Waals surface area contributed by atoms with Gasteiger partial charge < -0.3 is 14.4 Å². The molecule has 0 saturated heterocycles. The van der Waals surface area contributed by atoms with Crippen LogP contribution < -0.4 is 15.0 Å². The Bertz CT molecular complexity index is 842. The number of carbonyl (C=O) groups is 2. The van der Waals surface area contributed by atoms with E-state index in [0.29, 0.717) is 23.4 Å². The average molecular weight is 378 g/mol. The molecule has 2 aromatic rings. The van der Waals surface area contributed by atoms with Crippen molar-refractivity contribution in [2.24, 2.45) is 0 Å². The number of hydrogen-bond donors (Lipinski definition) is 2. The highest BCUT2D eigenvalue weighted by Gasteiger charge is 2.22. The van der Waals surface area contributed by atoms with E-state index >= 15 is 0 Å². The standard InChI is InChI=1S/C18H16F2N2O5/c19-18(20)27-14-5-3-11(4-6-14)17(24)22-7-8-26-15-9-12(16(23)21-25)1-2-13(15)10-22/h1-6,9,18,25H,7-8,10H2,(H,21,23). The third kappa shape index (κ3) is 4.32. The maximum atomic E-state index is 12.7. The van der Waals surface area contributed by atoms with E-state index in [-0.39, 0.29) is 30.4 Å². The van der Waals surface area contributed by atoms with Gasteiger partial charge in [0.2, 0.25) is 0 Å². The average Bonchev–Trinajstić information content (AvgIpc) is 2.88. The summed E-state index contributed by atoms with van der Waals surface area (Å²) in [7, 11) is 0. The van der Waals surface area contributed by atoms with Crippen LogP contribution in [-0.4, -0.2) is 41.7 Å². The highest BCUT2D eigenvalue weighted by molar-refractivity contribution is 5.95. The minimum Gasteiger partial charge on any atom is -0.491 e. The monoisotopic (exact) mass is 378 g/mol. The van der Waals surface area contributed by atoms with Crippen LogP contribution in [0.25, 0.3) is 0 Å². The molecule has 142 valence electrons. The zero-order valence-electron chi connectivity index (χ0n) is 14.0. The fourth-order valence-electron chi connectivity index (χ4n) is 2.71. The zero-order valence-corrected chi connectivity index (χ0v) is 14.0. The van der Waals surface area contributed by atoms with E-state index in [4.69, 9.17) is 9.94 Å². The molecule has 2 amide bonds. The number of hydrogen-bond acceptors (Lipinski definition) is 5. The van der Waals surface area contributed by atoms with Gasteiger partial charge in [0.25, 0.3) is 11.8 Å². The van der Waals surface area contributed by atoms with Crippen molar-refractivity contribution in [3.63, 3.8) is 0 Å². The Morgan fingerprint density at radius 2 is 1.85 bits per heavy atom. The molecule has 2 N–H and O–H groups in total. The van der Waals surface area contributed by atoms with Crippen LogP contribution in [0.4, 0.5) is 8.78 Å². The third-order valence-electron chi connectivity index (χ3n) is 4.02. The van der Waals surface area contributed by atoms with Crippen molar-refractivity contribution in [1.29, 1.82) is 0 Å². The number of hydroxylamine groups is 1. The van der Waals surface area contributed by atoms with E-state index in [9.17, 15) is 18.4 Å².